The highest BCUT2D eigenvalue weighted by molar-refractivity contribution is 6.32. The number of ether oxygens (including phenoxy) is 2. The summed E-state index contributed by atoms with van der Waals surface area (Å²) < 4.78 is 11.1. The summed E-state index contributed by atoms with van der Waals surface area (Å²) in [7, 11) is 1.97. The van der Waals surface area contributed by atoms with Crippen molar-refractivity contribution in [3.8, 4) is 11.5 Å². The predicted octanol–water partition coefficient (Wildman–Crippen LogP) is 2.07. The molecule has 5 nitrogen and oxygen atoms in total. The number of hydrogen-bond donors (Lipinski definition) is 2. The van der Waals surface area contributed by atoms with Gasteiger partial charge in [-0.1, -0.05) is 29.3 Å². The van der Waals surface area contributed by atoms with E-state index in [1.54, 1.807) is 0 Å². The van der Waals surface area contributed by atoms with Crippen LogP contribution < -0.4 is 19.7 Å². The van der Waals surface area contributed by atoms with Crippen molar-refractivity contribution in [2.75, 3.05) is 32.1 Å². The molecule has 0 saturated carbocycles. The van der Waals surface area contributed by atoms with Crippen molar-refractivity contribution in [1.29, 1.82) is 0 Å². The highest BCUT2D eigenvalue weighted by Gasteiger charge is 2.18. The second-order valence-electron chi connectivity index (χ2n) is 6.33. The van der Waals surface area contributed by atoms with Crippen molar-refractivity contribution in [3.63, 3.8) is 0 Å². The molecule has 1 aliphatic heterocycles. The molecule has 6 heteroatoms. The fraction of sp³-hybridized carbons (Fsp3) is 0.316. The Morgan fingerprint density at radius 3 is 2.68 bits per heavy atom. The Morgan fingerprint density at radius 1 is 1.20 bits per heavy atom. The van der Waals surface area contributed by atoms with Gasteiger partial charge in [0.05, 0.1) is 12.1 Å². The minimum Gasteiger partial charge on any atom is -0.486 e. The molecule has 1 amide bonds. The molecule has 0 aromatic heterocycles. The van der Waals surface area contributed by atoms with Crippen LogP contribution in [0.1, 0.15) is 11.1 Å². The van der Waals surface area contributed by atoms with Crippen LogP contribution in [0.3, 0.4) is 0 Å². The smallest absolute Gasteiger partial charge is 0.279 e. The Balaban J connectivity index is 1.58. The van der Waals surface area contributed by atoms with Crippen molar-refractivity contribution < 1.29 is 19.2 Å². The van der Waals surface area contributed by atoms with Gasteiger partial charge in [0.1, 0.15) is 19.8 Å². The minimum absolute atomic E-state index is 0.0232. The highest BCUT2D eigenvalue weighted by Crippen LogP contribution is 2.38. The summed E-state index contributed by atoms with van der Waals surface area (Å²) in [5.74, 6) is 1.25. The summed E-state index contributed by atoms with van der Waals surface area (Å²) in [5, 5.41) is 3.46. The number of carbonyl (C=O) groups is 1. The number of fused-ring (bicyclic) bond motifs is 1. The van der Waals surface area contributed by atoms with Crippen LogP contribution in [-0.2, 0) is 11.3 Å². The number of rotatable bonds is 5. The number of amides is 1. The number of benzene rings is 2. The standard InChI is InChI=1S/C19H21ClN2O3/c1-13-3-5-15(6-4-13)21-18(23)12-22(2)11-14-9-16(20)19-17(10-14)24-7-8-25-19/h3-6,9-10H,7-8,11-12H2,1-2H3,(H,21,23)/p+1. The maximum atomic E-state index is 12.2. The van der Waals surface area contributed by atoms with Gasteiger partial charge in [-0.2, -0.15) is 0 Å². The molecule has 0 saturated heterocycles. The quantitative estimate of drug-likeness (QED) is 0.857. The lowest BCUT2D eigenvalue weighted by molar-refractivity contribution is -0.885. The van der Waals surface area contributed by atoms with E-state index >= 15 is 0 Å². The number of likely N-dealkylation sites (N-methyl/N-ethyl adjacent to an activating group) is 1. The third-order valence-electron chi connectivity index (χ3n) is 3.96. The van der Waals surface area contributed by atoms with Gasteiger partial charge >= 0.3 is 0 Å². The molecule has 0 bridgehead atoms. The van der Waals surface area contributed by atoms with Gasteiger partial charge in [-0.3, -0.25) is 4.79 Å². The first kappa shape index (κ1) is 17.6. The van der Waals surface area contributed by atoms with Crippen LogP contribution in [0.15, 0.2) is 36.4 Å². The molecule has 2 aromatic carbocycles. The normalized spacial score (nSPS) is 14.0. The van der Waals surface area contributed by atoms with Gasteiger partial charge < -0.3 is 19.7 Å². The number of nitrogens with one attached hydrogen (secondary N) is 2. The molecule has 1 aliphatic rings. The summed E-state index contributed by atoms with van der Waals surface area (Å²) in [6.45, 7) is 4.07. The average molecular weight is 362 g/mol. The first-order valence-corrected chi connectivity index (χ1v) is 8.65. The van der Waals surface area contributed by atoms with Gasteiger partial charge in [-0.05, 0) is 31.2 Å². The molecule has 1 heterocycles. The average Bonchev–Trinajstić information content (AvgIpc) is 2.57. The molecule has 2 aromatic rings. The first-order chi connectivity index (χ1) is 12.0. The minimum atomic E-state index is -0.0232. The first-order valence-electron chi connectivity index (χ1n) is 8.27. The molecule has 0 radical (unpaired) electrons. The molecule has 0 spiro atoms. The zero-order chi connectivity index (χ0) is 17.8. The molecule has 132 valence electrons. The number of hydrogen-bond acceptors (Lipinski definition) is 3. The molecular weight excluding hydrogens is 340 g/mol. The van der Waals surface area contributed by atoms with Crippen LogP contribution in [0, 0.1) is 6.92 Å². The van der Waals surface area contributed by atoms with Gasteiger partial charge in [-0.25, -0.2) is 0 Å². The zero-order valence-corrected chi connectivity index (χ0v) is 15.2. The van der Waals surface area contributed by atoms with Gasteiger partial charge in [0, 0.05) is 11.3 Å². The van der Waals surface area contributed by atoms with Crippen molar-refractivity contribution >= 4 is 23.2 Å². The lowest BCUT2D eigenvalue weighted by Crippen LogP contribution is -3.08. The van der Waals surface area contributed by atoms with Crippen LogP contribution in [0.5, 0.6) is 11.5 Å². The monoisotopic (exact) mass is 361 g/mol. The van der Waals surface area contributed by atoms with E-state index in [0.717, 1.165) is 21.7 Å². The summed E-state index contributed by atoms with van der Waals surface area (Å²) in [6, 6.07) is 11.6. The summed E-state index contributed by atoms with van der Waals surface area (Å²) in [4.78, 5) is 13.2. The Morgan fingerprint density at radius 2 is 1.92 bits per heavy atom. The van der Waals surface area contributed by atoms with E-state index in [-0.39, 0.29) is 5.91 Å². The second kappa shape index (κ2) is 7.76. The van der Waals surface area contributed by atoms with Gasteiger partial charge in [0.25, 0.3) is 5.91 Å². The fourth-order valence-corrected chi connectivity index (χ4v) is 3.08. The Bertz CT molecular complexity index is 762. The van der Waals surface area contributed by atoms with E-state index in [9.17, 15) is 4.79 Å². The fourth-order valence-electron chi connectivity index (χ4n) is 2.79. The van der Waals surface area contributed by atoms with E-state index in [0.29, 0.717) is 42.8 Å². The molecule has 1 atom stereocenters. The van der Waals surface area contributed by atoms with E-state index in [2.05, 4.69) is 5.32 Å². The second-order valence-corrected chi connectivity index (χ2v) is 6.73. The van der Waals surface area contributed by atoms with Crippen LogP contribution in [0.2, 0.25) is 5.02 Å². The summed E-state index contributed by atoms with van der Waals surface area (Å²) in [5.41, 5.74) is 2.98. The van der Waals surface area contributed by atoms with Crippen LogP contribution in [0.25, 0.3) is 0 Å². The van der Waals surface area contributed by atoms with Crippen molar-refractivity contribution in [1.82, 2.24) is 0 Å². The topological polar surface area (TPSA) is 52.0 Å². The van der Waals surface area contributed by atoms with Crippen LogP contribution in [0.4, 0.5) is 5.69 Å². The third kappa shape index (κ3) is 4.65. The molecule has 25 heavy (non-hydrogen) atoms. The number of aryl methyl sites for hydroxylation is 1. The highest BCUT2D eigenvalue weighted by atomic mass is 35.5. The summed E-state index contributed by atoms with van der Waals surface area (Å²) in [6.07, 6.45) is 0. The maximum absolute atomic E-state index is 12.2. The Labute approximate surface area is 152 Å². The maximum Gasteiger partial charge on any atom is 0.279 e. The van der Waals surface area contributed by atoms with Crippen molar-refractivity contribution in [3.05, 3.63) is 52.5 Å². The molecule has 3 rings (SSSR count). The van der Waals surface area contributed by atoms with Gasteiger partial charge in [-0.15, -0.1) is 0 Å². The number of anilines is 1. The van der Waals surface area contributed by atoms with E-state index in [1.807, 2.05) is 50.4 Å². The third-order valence-corrected chi connectivity index (χ3v) is 4.24. The lowest BCUT2D eigenvalue weighted by atomic mass is 10.2. The number of carbonyl (C=O) groups excluding carboxylic acids is 1. The number of halogens is 1. The predicted molar refractivity (Wildman–Crippen MR) is 97.7 cm³/mol. The Hall–Kier alpha value is -2.24. The Kier molecular flexibility index (Phi) is 5.46. The van der Waals surface area contributed by atoms with Crippen LogP contribution >= 0.6 is 11.6 Å². The van der Waals surface area contributed by atoms with E-state index < -0.39 is 0 Å². The molecule has 2 N–H and O–H groups in total. The van der Waals surface area contributed by atoms with Gasteiger partial charge in [0.15, 0.2) is 18.0 Å². The zero-order valence-electron chi connectivity index (χ0n) is 14.4. The molecule has 1 unspecified atom stereocenters. The lowest BCUT2D eigenvalue weighted by Gasteiger charge is -2.21. The molecular formula is C19H22ClN2O3+. The van der Waals surface area contributed by atoms with E-state index in [1.165, 1.54) is 0 Å². The van der Waals surface area contributed by atoms with E-state index in [4.69, 9.17) is 21.1 Å². The van der Waals surface area contributed by atoms with Crippen molar-refractivity contribution in [2.24, 2.45) is 0 Å². The molecule has 0 aliphatic carbocycles. The largest absolute Gasteiger partial charge is 0.486 e. The summed E-state index contributed by atoms with van der Waals surface area (Å²) >= 11 is 6.26. The van der Waals surface area contributed by atoms with Gasteiger partial charge in [0.2, 0.25) is 0 Å². The van der Waals surface area contributed by atoms with Crippen molar-refractivity contribution in [2.45, 2.75) is 13.5 Å². The SMILES string of the molecule is Cc1ccc(NC(=O)C[NH+](C)Cc2cc(Cl)c3c(c2)OCCO3)cc1. The molecule has 0 fully saturated rings. The number of quaternary nitrogens is 1. The van der Waals surface area contributed by atoms with Crippen LogP contribution in [-0.4, -0.2) is 32.7 Å².